The van der Waals surface area contributed by atoms with Gasteiger partial charge in [0.2, 0.25) is 0 Å². The summed E-state index contributed by atoms with van der Waals surface area (Å²) in [6.07, 6.45) is 4.62. The van der Waals surface area contributed by atoms with E-state index >= 15 is 0 Å². The van der Waals surface area contributed by atoms with Crippen LogP contribution >= 0.6 is 0 Å². The van der Waals surface area contributed by atoms with Crippen LogP contribution in [0.4, 0.5) is 0 Å². The quantitative estimate of drug-likeness (QED) is 0.756. The molecule has 0 spiro atoms. The van der Waals surface area contributed by atoms with Crippen LogP contribution in [0.15, 0.2) is 42.7 Å². The van der Waals surface area contributed by atoms with Crippen LogP contribution in [-0.4, -0.2) is 15.5 Å². The first-order valence-electron chi connectivity index (χ1n) is 5.91. The van der Waals surface area contributed by atoms with Crippen molar-refractivity contribution >= 4 is 5.97 Å². The highest BCUT2D eigenvalue weighted by atomic mass is 16.5. The number of benzene rings is 1. The van der Waals surface area contributed by atoms with Crippen molar-refractivity contribution < 1.29 is 9.53 Å². The summed E-state index contributed by atoms with van der Waals surface area (Å²) in [5.41, 5.74) is 1.14. The zero-order valence-corrected chi connectivity index (χ0v) is 10.4. The summed E-state index contributed by atoms with van der Waals surface area (Å²) < 4.78 is 7.00. The van der Waals surface area contributed by atoms with E-state index in [9.17, 15) is 4.79 Å². The molecule has 94 valence electrons. The molecule has 0 aliphatic heterocycles. The first-order valence-corrected chi connectivity index (χ1v) is 5.91. The molecule has 0 radical (unpaired) electrons. The van der Waals surface area contributed by atoms with Gasteiger partial charge in [0.15, 0.2) is 0 Å². The summed E-state index contributed by atoms with van der Waals surface area (Å²) >= 11 is 0. The van der Waals surface area contributed by atoms with Crippen LogP contribution in [0.5, 0.6) is 0 Å². The molecule has 0 saturated carbocycles. The van der Waals surface area contributed by atoms with Gasteiger partial charge in [0.25, 0.3) is 0 Å². The van der Waals surface area contributed by atoms with Crippen molar-refractivity contribution in [3.63, 3.8) is 0 Å². The summed E-state index contributed by atoms with van der Waals surface area (Å²) in [5, 5.41) is 0. The van der Waals surface area contributed by atoms with Gasteiger partial charge in [0.1, 0.15) is 12.4 Å². The predicted octanol–water partition coefficient (Wildman–Crippen LogP) is 2.10. The Morgan fingerprint density at radius 1 is 1.33 bits per heavy atom. The molecule has 0 fully saturated rings. The summed E-state index contributed by atoms with van der Waals surface area (Å²) in [5.74, 6) is 0.560. The number of ether oxygens (including phenoxy) is 1. The van der Waals surface area contributed by atoms with Crippen LogP contribution in [0.3, 0.4) is 0 Å². The summed E-state index contributed by atoms with van der Waals surface area (Å²) in [4.78, 5) is 15.7. The van der Waals surface area contributed by atoms with Crippen LogP contribution in [0.2, 0.25) is 0 Å². The maximum Gasteiger partial charge on any atom is 0.306 e. The van der Waals surface area contributed by atoms with Gasteiger partial charge in [-0.2, -0.15) is 0 Å². The van der Waals surface area contributed by atoms with Crippen molar-refractivity contribution in [1.82, 2.24) is 9.55 Å². The normalized spacial score (nSPS) is 10.3. The number of imidazole rings is 1. The van der Waals surface area contributed by atoms with E-state index in [0.29, 0.717) is 12.8 Å². The third-order valence-corrected chi connectivity index (χ3v) is 2.74. The maximum absolute atomic E-state index is 11.6. The van der Waals surface area contributed by atoms with E-state index in [2.05, 4.69) is 4.98 Å². The molecule has 2 aromatic rings. The molecule has 0 amide bonds. The Hall–Kier alpha value is -2.10. The number of rotatable bonds is 5. The van der Waals surface area contributed by atoms with Crippen molar-refractivity contribution in [2.45, 2.75) is 19.4 Å². The number of aryl methyl sites for hydroxylation is 2. The highest BCUT2D eigenvalue weighted by molar-refractivity contribution is 5.69. The average Bonchev–Trinajstić information content (AvgIpc) is 2.81. The summed E-state index contributed by atoms with van der Waals surface area (Å²) in [6, 6.07) is 9.91. The molecule has 1 heterocycles. The Kier molecular flexibility index (Phi) is 4.12. The van der Waals surface area contributed by atoms with E-state index in [1.165, 1.54) is 0 Å². The molecule has 0 N–H and O–H groups in total. The third kappa shape index (κ3) is 3.45. The molecule has 4 heteroatoms. The molecule has 1 aromatic carbocycles. The lowest BCUT2D eigenvalue weighted by molar-refractivity contribution is -0.145. The van der Waals surface area contributed by atoms with Gasteiger partial charge in [-0.05, 0) is 12.0 Å². The highest BCUT2D eigenvalue weighted by Crippen LogP contribution is 2.04. The number of esters is 1. The molecular weight excluding hydrogens is 228 g/mol. The van der Waals surface area contributed by atoms with Crippen molar-refractivity contribution in [3.05, 3.63) is 54.1 Å². The van der Waals surface area contributed by atoms with Crippen LogP contribution in [0, 0.1) is 0 Å². The third-order valence-electron chi connectivity index (χ3n) is 2.74. The molecule has 0 aliphatic rings. The minimum atomic E-state index is -0.193. The first-order chi connectivity index (χ1) is 8.75. The van der Waals surface area contributed by atoms with Crippen LogP contribution < -0.4 is 0 Å². The van der Waals surface area contributed by atoms with Gasteiger partial charge in [-0.25, -0.2) is 4.98 Å². The number of nitrogens with zero attached hydrogens (tertiary/aromatic N) is 2. The second-order valence-corrected chi connectivity index (χ2v) is 4.10. The smallest absolute Gasteiger partial charge is 0.306 e. The van der Waals surface area contributed by atoms with E-state index in [0.717, 1.165) is 11.4 Å². The van der Waals surface area contributed by atoms with E-state index < -0.39 is 0 Å². The second-order valence-electron chi connectivity index (χ2n) is 4.10. The molecule has 0 bridgehead atoms. The number of hydrogen-bond acceptors (Lipinski definition) is 3. The summed E-state index contributed by atoms with van der Waals surface area (Å²) in [7, 11) is 1.88. The fourth-order valence-corrected chi connectivity index (χ4v) is 1.64. The van der Waals surface area contributed by atoms with Crippen LogP contribution in [-0.2, 0) is 29.6 Å². The Balaban J connectivity index is 1.75. The topological polar surface area (TPSA) is 44.1 Å². The van der Waals surface area contributed by atoms with Crippen LogP contribution in [0.25, 0.3) is 0 Å². The summed E-state index contributed by atoms with van der Waals surface area (Å²) in [6.45, 7) is 0.233. The monoisotopic (exact) mass is 244 g/mol. The highest BCUT2D eigenvalue weighted by Gasteiger charge is 2.06. The number of aromatic nitrogens is 2. The van der Waals surface area contributed by atoms with Crippen molar-refractivity contribution in [3.8, 4) is 0 Å². The van der Waals surface area contributed by atoms with E-state index in [1.54, 1.807) is 6.20 Å². The van der Waals surface area contributed by atoms with Crippen LogP contribution in [0.1, 0.15) is 17.8 Å². The fourth-order valence-electron chi connectivity index (χ4n) is 1.64. The maximum atomic E-state index is 11.6. The molecule has 18 heavy (non-hydrogen) atoms. The zero-order valence-electron chi connectivity index (χ0n) is 10.4. The van der Waals surface area contributed by atoms with Gasteiger partial charge in [-0.3, -0.25) is 4.79 Å². The molecule has 1 aromatic heterocycles. The Labute approximate surface area is 106 Å². The molecule has 0 aliphatic carbocycles. The van der Waals surface area contributed by atoms with E-state index in [1.807, 2.05) is 48.1 Å². The molecule has 4 nitrogen and oxygen atoms in total. The number of carbonyl (C=O) groups is 1. The standard InChI is InChI=1S/C14H16N2O2/c1-16-10-9-15-13(16)11-18-14(17)8-7-12-5-3-2-4-6-12/h2-6,9-10H,7-8,11H2,1H3. The SMILES string of the molecule is Cn1ccnc1COC(=O)CCc1ccccc1. The van der Waals surface area contributed by atoms with Crippen molar-refractivity contribution in [2.75, 3.05) is 0 Å². The van der Waals surface area contributed by atoms with E-state index in [4.69, 9.17) is 4.74 Å². The fraction of sp³-hybridized carbons (Fsp3) is 0.286. The van der Waals surface area contributed by atoms with E-state index in [-0.39, 0.29) is 12.6 Å². The minimum Gasteiger partial charge on any atom is -0.457 e. The second kappa shape index (κ2) is 6.00. The van der Waals surface area contributed by atoms with Gasteiger partial charge >= 0.3 is 5.97 Å². The Morgan fingerprint density at radius 3 is 2.78 bits per heavy atom. The lowest BCUT2D eigenvalue weighted by atomic mass is 10.1. The average molecular weight is 244 g/mol. The lowest BCUT2D eigenvalue weighted by Gasteiger charge is -2.05. The first kappa shape index (κ1) is 12.4. The lowest BCUT2D eigenvalue weighted by Crippen LogP contribution is -2.08. The molecule has 2 rings (SSSR count). The number of hydrogen-bond donors (Lipinski definition) is 0. The van der Waals surface area contributed by atoms with Crippen molar-refractivity contribution in [1.29, 1.82) is 0 Å². The zero-order chi connectivity index (χ0) is 12.8. The van der Waals surface area contributed by atoms with Gasteiger partial charge in [-0.1, -0.05) is 30.3 Å². The Morgan fingerprint density at radius 2 is 2.11 bits per heavy atom. The molecule has 0 unspecified atom stereocenters. The minimum absolute atomic E-state index is 0.193. The van der Waals surface area contributed by atoms with Gasteiger partial charge in [0.05, 0.1) is 0 Å². The molecule has 0 saturated heterocycles. The largest absolute Gasteiger partial charge is 0.457 e. The number of carbonyl (C=O) groups excluding carboxylic acids is 1. The van der Waals surface area contributed by atoms with Gasteiger partial charge < -0.3 is 9.30 Å². The molecular formula is C14H16N2O2. The van der Waals surface area contributed by atoms with Gasteiger partial charge in [-0.15, -0.1) is 0 Å². The van der Waals surface area contributed by atoms with Crippen molar-refractivity contribution in [2.24, 2.45) is 7.05 Å². The predicted molar refractivity (Wildman–Crippen MR) is 67.8 cm³/mol. The van der Waals surface area contributed by atoms with Gasteiger partial charge in [0, 0.05) is 25.9 Å². The molecule has 0 atom stereocenters. The Bertz CT molecular complexity index is 506.